The van der Waals surface area contributed by atoms with E-state index in [0.717, 1.165) is 11.1 Å². The lowest BCUT2D eigenvalue weighted by molar-refractivity contribution is -0.175. The molecule has 2 atom stereocenters. The molecule has 0 aliphatic carbocycles. The van der Waals surface area contributed by atoms with Crippen molar-refractivity contribution in [3.63, 3.8) is 0 Å². The summed E-state index contributed by atoms with van der Waals surface area (Å²) in [4.78, 5) is 36.7. The number of esters is 2. The number of amidine groups is 1. The van der Waals surface area contributed by atoms with Crippen LogP contribution in [0.4, 0.5) is 0 Å². The number of amides is 1. The first-order chi connectivity index (χ1) is 16.9. The summed E-state index contributed by atoms with van der Waals surface area (Å²) in [6.07, 6.45) is -0.158. The molecule has 1 heterocycles. The highest BCUT2D eigenvalue weighted by molar-refractivity contribution is 5.95. The molecule has 0 saturated carbocycles. The quantitative estimate of drug-likeness (QED) is 0.194. The van der Waals surface area contributed by atoms with E-state index in [4.69, 9.17) is 25.4 Å². The molecular formula is C27H34ClN3O6. The summed E-state index contributed by atoms with van der Waals surface area (Å²) in [6, 6.07) is 14.9. The van der Waals surface area contributed by atoms with Crippen molar-refractivity contribution in [1.82, 2.24) is 5.32 Å². The molecule has 1 saturated heterocycles. The second kappa shape index (κ2) is 12.1. The molecule has 1 aliphatic heterocycles. The number of hydrogen-bond donors (Lipinski definition) is 3. The zero-order valence-electron chi connectivity index (χ0n) is 21.5. The summed E-state index contributed by atoms with van der Waals surface area (Å²) in [6.45, 7) is 6.93. The first-order valence-electron chi connectivity index (χ1n) is 11.7. The summed E-state index contributed by atoms with van der Waals surface area (Å²) in [5.41, 5.74) is 6.42. The van der Waals surface area contributed by atoms with Crippen molar-refractivity contribution in [3.05, 3.63) is 54.1 Å². The highest BCUT2D eigenvalue weighted by Crippen LogP contribution is 2.37. The molecule has 9 nitrogen and oxygen atoms in total. The van der Waals surface area contributed by atoms with Crippen LogP contribution in [0.1, 0.15) is 39.7 Å². The maximum absolute atomic E-state index is 12.6. The third-order valence-corrected chi connectivity index (χ3v) is 6.30. The zero-order chi connectivity index (χ0) is 26.5. The molecule has 10 heteroatoms. The van der Waals surface area contributed by atoms with Crippen LogP contribution in [0.15, 0.2) is 48.5 Å². The zero-order valence-corrected chi connectivity index (χ0v) is 22.3. The highest BCUT2D eigenvalue weighted by atomic mass is 35.5. The lowest BCUT2D eigenvalue weighted by atomic mass is 9.77. The summed E-state index contributed by atoms with van der Waals surface area (Å²) in [5, 5.41) is 10.3. The summed E-state index contributed by atoms with van der Waals surface area (Å²) >= 11 is 0. The van der Waals surface area contributed by atoms with Crippen LogP contribution < -0.4 is 15.8 Å². The fourth-order valence-corrected chi connectivity index (χ4v) is 3.79. The molecule has 0 bridgehead atoms. The number of halogens is 1. The molecule has 0 spiro atoms. The minimum Gasteiger partial charge on any atom is -0.493 e. The van der Waals surface area contributed by atoms with E-state index in [-0.39, 0.29) is 43.1 Å². The summed E-state index contributed by atoms with van der Waals surface area (Å²) in [7, 11) is 0. The second-order valence-electron chi connectivity index (χ2n) is 10.1. The van der Waals surface area contributed by atoms with Gasteiger partial charge in [0, 0.05) is 18.0 Å². The molecule has 4 N–H and O–H groups in total. The van der Waals surface area contributed by atoms with Gasteiger partial charge in [-0.1, -0.05) is 36.4 Å². The van der Waals surface area contributed by atoms with Crippen LogP contribution in [-0.4, -0.2) is 43.6 Å². The van der Waals surface area contributed by atoms with Gasteiger partial charge in [0.15, 0.2) is 0 Å². The molecule has 2 aromatic rings. The van der Waals surface area contributed by atoms with Crippen LogP contribution in [0.3, 0.4) is 0 Å². The van der Waals surface area contributed by atoms with Crippen molar-refractivity contribution in [2.45, 2.75) is 34.1 Å². The monoisotopic (exact) mass is 531 g/mol. The van der Waals surface area contributed by atoms with E-state index in [2.05, 4.69) is 5.32 Å². The van der Waals surface area contributed by atoms with E-state index >= 15 is 0 Å². The Labute approximate surface area is 223 Å². The Hall–Kier alpha value is -3.59. The number of benzene rings is 2. The van der Waals surface area contributed by atoms with Gasteiger partial charge in [0.1, 0.15) is 11.6 Å². The van der Waals surface area contributed by atoms with Gasteiger partial charge >= 0.3 is 11.9 Å². The maximum Gasteiger partial charge on any atom is 0.314 e. The lowest BCUT2D eigenvalue weighted by Gasteiger charge is -2.27. The van der Waals surface area contributed by atoms with Crippen molar-refractivity contribution < 1.29 is 28.6 Å². The number of hydrogen-bond acceptors (Lipinski definition) is 7. The van der Waals surface area contributed by atoms with Crippen molar-refractivity contribution in [1.29, 1.82) is 5.41 Å². The SMILES string of the molecule is CC(C)(C)C(=O)OCOC(=O)CC1(C)C(=O)NCC1COc1ccc(-c2ccc(C(=N)N)cc2)cc1.Cl. The van der Waals surface area contributed by atoms with Crippen molar-refractivity contribution >= 4 is 36.1 Å². The van der Waals surface area contributed by atoms with Gasteiger partial charge in [0.2, 0.25) is 12.7 Å². The van der Waals surface area contributed by atoms with Gasteiger partial charge in [0.05, 0.1) is 23.9 Å². The van der Waals surface area contributed by atoms with Crippen LogP contribution in [0, 0.1) is 22.2 Å². The van der Waals surface area contributed by atoms with Crippen LogP contribution in [0.2, 0.25) is 0 Å². The highest BCUT2D eigenvalue weighted by Gasteiger charge is 2.48. The first-order valence-corrected chi connectivity index (χ1v) is 11.7. The van der Waals surface area contributed by atoms with Crippen LogP contribution >= 0.6 is 12.4 Å². The molecule has 200 valence electrons. The molecule has 0 aromatic heterocycles. The van der Waals surface area contributed by atoms with Gasteiger partial charge in [-0.25, -0.2) is 0 Å². The van der Waals surface area contributed by atoms with Crippen LogP contribution in [0.25, 0.3) is 11.1 Å². The largest absolute Gasteiger partial charge is 0.493 e. The second-order valence-corrected chi connectivity index (χ2v) is 10.1. The average molecular weight is 532 g/mol. The smallest absolute Gasteiger partial charge is 0.314 e. The number of rotatable bonds is 9. The minimum atomic E-state index is -1.01. The van der Waals surface area contributed by atoms with Gasteiger partial charge in [-0.15, -0.1) is 12.4 Å². The van der Waals surface area contributed by atoms with Crippen LogP contribution in [-0.2, 0) is 23.9 Å². The van der Waals surface area contributed by atoms with Gasteiger partial charge in [-0.05, 0) is 51.0 Å². The predicted molar refractivity (Wildman–Crippen MR) is 141 cm³/mol. The number of nitrogen functional groups attached to an aromatic ring is 1. The van der Waals surface area contributed by atoms with E-state index in [0.29, 0.717) is 17.9 Å². The van der Waals surface area contributed by atoms with Crippen LogP contribution in [0.5, 0.6) is 5.75 Å². The Morgan fingerprint density at radius 3 is 2.16 bits per heavy atom. The van der Waals surface area contributed by atoms with Crippen molar-refractivity contribution in [3.8, 4) is 16.9 Å². The number of nitrogens with two attached hydrogens (primary N) is 1. The fourth-order valence-electron chi connectivity index (χ4n) is 3.79. The topological polar surface area (TPSA) is 141 Å². The first kappa shape index (κ1) is 29.6. The lowest BCUT2D eigenvalue weighted by Crippen LogP contribution is -2.37. The van der Waals surface area contributed by atoms with E-state index in [1.165, 1.54) is 0 Å². The molecule has 1 aliphatic rings. The third-order valence-electron chi connectivity index (χ3n) is 6.30. The third kappa shape index (κ3) is 7.45. The maximum atomic E-state index is 12.6. The van der Waals surface area contributed by atoms with Gasteiger partial charge in [-0.2, -0.15) is 0 Å². The van der Waals surface area contributed by atoms with E-state index in [1.807, 2.05) is 36.4 Å². The number of ether oxygens (including phenoxy) is 3. The molecule has 2 aromatic carbocycles. The van der Waals surface area contributed by atoms with Gasteiger partial charge in [-0.3, -0.25) is 19.8 Å². The Morgan fingerprint density at radius 2 is 1.62 bits per heavy atom. The van der Waals surface area contributed by atoms with Crippen molar-refractivity contribution in [2.75, 3.05) is 19.9 Å². The Bertz CT molecular complexity index is 1130. The Morgan fingerprint density at radius 1 is 1.05 bits per heavy atom. The molecule has 1 amide bonds. The average Bonchev–Trinajstić information content (AvgIpc) is 3.10. The molecular weight excluding hydrogens is 498 g/mol. The predicted octanol–water partition coefficient (Wildman–Crippen LogP) is 3.67. The van der Waals surface area contributed by atoms with E-state index in [1.54, 1.807) is 39.8 Å². The number of carbonyl (C=O) groups excluding carboxylic acids is 3. The van der Waals surface area contributed by atoms with E-state index < -0.39 is 29.6 Å². The summed E-state index contributed by atoms with van der Waals surface area (Å²) < 4.78 is 16.0. The normalized spacial score (nSPS) is 18.8. The number of carbonyl (C=O) groups is 3. The minimum absolute atomic E-state index is 0. The van der Waals surface area contributed by atoms with E-state index in [9.17, 15) is 14.4 Å². The van der Waals surface area contributed by atoms with Gasteiger partial charge in [0.25, 0.3) is 0 Å². The molecule has 0 radical (unpaired) electrons. The van der Waals surface area contributed by atoms with Crippen molar-refractivity contribution in [2.24, 2.45) is 22.5 Å². The Balaban J connectivity index is 0.00000481. The summed E-state index contributed by atoms with van der Waals surface area (Å²) in [5.74, 6) is -0.948. The molecule has 2 unspecified atom stereocenters. The fraction of sp³-hybridized carbons (Fsp3) is 0.407. The Kier molecular flexibility index (Phi) is 9.69. The standard InChI is InChI=1S/C27H33N3O6.ClH/c1-26(2,3)25(33)36-16-35-22(31)13-27(4)20(14-30-24(27)32)15-34-21-11-9-18(10-12-21)17-5-7-19(8-6-17)23(28)29;/h5-12,20H,13-16H2,1-4H3,(H3,28,29)(H,30,32);1H. The molecule has 37 heavy (non-hydrogen) atoms. The number of nitrogens with one attached hydrogen (secondary N) is 2. The van der Waals surface area contributed by atoms with Gasteiger partial charge < -0.3 is 25.3 Å². The molecule has 1 fully saturated rings. The molecule has 3 rings (SSSR count).